The Morgan fingerprint density at radius 2 is 0.514 bits per heavy atom. The molecular formula is C33H27N3Ru+2. The Morgan fingerprint density at radius 3 is 0.730 bits per heavy atom. The molecule has 0 aliphatic heterocycles. The Labute approximate surface area is 231 Å². The normalized spacial score (nSPS) is 9.41. The molecule has 0 bridgehead atoms. The predicted molar refractivity (Wildman–Crippen MR) is 149 cm³/mol. The van der Waals surface area contributed by atoms with Crippen LogP contribution in [0.3, 0.4) is 0 Å². The second-order valence-electron chi connectivity index (χ2n) is 7.74. The Hall–Kier alpha value is -4.27. The standard InChI is InChI=1S/3C11H9N.Ru/c3*1-2-6-10(7-3-1)11-8-4-5-9-12-11;/h3*1-9H;/q;;;+2. The molecule has 0 saturated carbocycles. The van der Waals surface area contributed by atoms with Crippen molar-refractivity contribution in [2.45, 2.75) is 0 Å². The molecule has 3 aromatic carbocycles. The topological polar surface area (TPSA) is 38.7 Å². The molecule has 0 saturated heterocycles. The molecule has 0 aliphatic carbocycles. The summed E-state index contributed by atoms with van der Waals surface area (Å²) in [5.74, 6) is 0. The van der Waals surface area contributed by atoms with Gasteiger partial charge in [-0.1, -0.05) is 109 Å². The zero-order valence-corrected chi connectivity index (χ0v) is 22.0. The van der Waals surface area contributed by atoms with Crippen molar-refractivity contribution in [3.05, 3.63) is 164 Å². The third kappa shape index (κ3) is 9.03. The van der Waals surface area contributed by atoms with E-state index in [4.69, 9.17) is 0 Å². The number of hydrogen-bond donors (Lipinski definition) is 0. The van der Waals surface area contributed by atoms with Crippen LogP contribution in [-0.2, 0) is 19.5 Å². The van der Waals surface area contributed by atoms with Crippen molar-refractivity contribution < 1.29 is 19.5 Å². The molecule has 0 N–H and O–H groups in total. The van der Waals surface area contributed by atoms with Crippen molar-refractivity contribution in [1.29, 1.82) is 0 Å². The minimum atomic E-state index is 0. The monoisotopic (exact) mass is 567 g/mol. The Balaban J connectivity index is 0.000000152. The molecule has 37 heavy (non-hydrogen) atoms. The van der Waals surface area contributed by atoms with E-state index in [1.807, 2.05) is 128 Å². The summed E-state index contributed by atoms with van der Waals surface area (Å²) < 4.78 is 0. The molecule has 180 valence electrons. The van der Waals surface area contributed by atoms with Crippen LogP contribution in [0.1, 0.15) is 0 Å². The zero-order valence-electron chi connectivity index (χ0n) is 20.3. The third-order valence-electron chi connectivity index (χ3n) is 5.20. The number of pyridine rings is 3. The van der Waals surface area contributed by atoms with Crippen LogP contribution in [0.5, 0.6) is 0 Å². The van der Waals surface area contributed by atoms with Crippen LogP contribution in [0.25, 0.3) is 33.8 Å². The molecule has 0 spiro atoms. The first-order valence-electron chi connectivity index (χ1n) is 11.8. The van der Waals surface area contributed by atoms with Gasteiger partial charge in [0.15, 0.2) is 0 Å². The van der Waals surface area contributed by atoms with E-state index in [1.54, 1.807) is 0 Å². The van der Waals surface area contributed by atoms with Gasteiger partial charge in [0.1, 0.15) is 0 Å². The predicted octanol–water partition coefficient (Wildman–Crippen LogP) is 8.24. The van der Waals surface area contributed by atoms with E-state index in [2.05, 4.69) is 51.4 Å². The molecule has 3 heterocycles. The van der Waals surface area contributed by atoms with Crippen molar-refractivity contribution in [2.75, 3.05) is 0 Å². The van der Waals surface area contributed by atoms with Gasteiger partial charge < -0.3 is 0 Å². The molecular weight excluding hydrogens is 539 g/mol. The van der Waals surface area contributed by atoms with Gasteiger partial charge in [-0.25, -0.2) is 0 Å². The van der Waals surface area contributed by atoms with Crippen LogP contribution >= 0.6 is 0 Å². The summed E-state index contributed by atoms with van der Waals surface area (Å²) in [7, 11) is 0. The Morgan fingerprint density at radius 1 is 0.270 bits per heavy atom. The van der Waals surface area contributed by atoms with Crippen molar-refractivity contribution in [3.63, 3.8) is 0 Å². The number of hydrogen-bond acceptors (Lipinski definition) is 3. The third-order valence-corrected chi connectivity index (χ3v) is 5.20. The molecule has 0 unspecified atom stereocenters. The quantitative estimate of drug-likeness (QED) is 0.203. The summed E-state index contributed by atoms with van der Waals surface area (Å²) in [6, 6.07) is 48.3. The second-order valence-corrected chi connectivity index (χ2v) is 7.74. The maximum atomic E-state index is 4.25. The maximum Gasteiger partial charge on any atom is 2.00 e. The van der Waals surface area contributed by atoms with Gasteiger partial charge in [0, 0.05) is 35.3 Å². The minimum Gasteiger partial charge on any atom is -0.256 e. The molecule has 0 amide bonds. The minimum absolute atomic E-state index is 0. The fraction of sp³-hybridized carbons (Fsp3) is 0. The molecule has 0 radical (unpaired) electrons. The molecule has 0 aliphatic rings. The molecule has 3 aromatic heterocycles. The fourth-order valence-electron chi connectivity index (χ4n) is 3.43. The summed E-state index contributed by atoms with van der Waals surface area (Å²) in [6.07, 6.45) is 5.42. The zero-order chi connectivity index (χ0) is 24.7. The first-order chi connectivity index (χ1) is 17.9. The molecule has 0 atom stereocenters. The number of nitrogens with zero attached hydrogens (tertiary/aromatic N) is 3. The molecule has 3 nitrogen and oxygen atoms in total. The van der Waals surface area contributed by atoms with E-state index in [9.17, 15) is 0 Å². The SMILES string of the molecule is [Ru+2].c1ccc(-c2ccccn2)cc1.c1ccc(-c2ccccn2)cc1.c1ccc(-c2ccccn2)cc1. The van der Waals surface area contributed by atoms with E-state index >= 15 is 0 Å². The second kappa shape index (κ2) is 15.7. The van der Waals surface area contributed by atoms with Gasteiger partial charge in [-0.3, -0.25) is 15.0 Å². The van der Waals surface area contributed by atoms with Crippen LogP contribution < -0.4 is 0 Å². The van der Waals surface area contributed by atoms with Crippen molar-refractivity contribution in [2.24, 2.45) is 0 Å². The average molecular weight is 567 g/mol. The van der Waals surface area contributed by atoms with Gasteiger partial charge >= 0.3 is 19.5 Å². The van der Waals surface area contributed by atoms with Crippen LogP contribution in [-0.4, -0.2) is 15.0 Å². The number of rotatable bonds is 3. The summed E-state index contributed by atoms with van der Waals surface area (Å²) in [5.41, 5.74) is 6.57. The summed E-state index contributed by atoms with van der Waals surface area (Å²) in [6.45, 7) is 0. The van der Waals surface area contributed by atoms with Gasteiger partial charge in [-0.2, -0.15) is 0 Å². The van der Waals surface area contributed by atoms with Gasteiger partial charge in [0.05, 0.1) is 17.1 Å². The van der Waals surface area contributed by atoms with E-state index in [0.717, 1.165) is 33.8 Å². The van der Waals surface area contributed by atoms with Crippen molar-refractivity contribution in [3.8, 4) is 33.8 Å². The fourth-order valence-corrected chi connectivity index (χ4v) is 3.43. The van der Waals surface area contributed by atoms with Gasteiger partial charge in [-0.05, 0) is 36.4 Å². The van der Waals surface area contributed by atoms with Crippen molar-refractivity contribution >= 4 is 0 Å². The van der Waals surface area contributed by atoms with E-state index < -0.39 is 0 Å². The van der Waals surface area contributed by atoms with Gasteiger partial charge in [0.25, 0.3) is 0 Å². The smallest absolute Gasteiger partial charge is 0.256 e. The van der Waals surface area contributed by atoms with Crippen LogP contribution in [0.2, 0.25) is 0 Å². The van der Waals surface area contributed by atoms with Gasteiger partial charge in [-0.15, -0.1) is 0 Å². The first kappa shape index (κ1) is 27.3. The summed E-state index contributed by atoms with van der Waals surface area (Å²) in [5, 5.41) is 0. The Kier molecular flexibility index (Phi) is 11.6. The Bertz CT molecular complexity index is 1090. The van der Waals surface area contributed by atoms with Crippen LogP contribution in [0, 0.1) is 0 Å². The van der Waals surface area contributed by atoms with E-state index in [0.29, 0.717) is 0 Å². The summed E-state index contributed by atoms with van der Waals surface area (Å²) in [4.78, 5) is 12.7. The molecule has 6 rings (SSSR count). The molecule has 0 fully saturated rings. The average Bonchev–Trinajstić information content (AvgIpc) is 3.01. The van der Waals surface area contributed by atoms with Crippen LogP contribution in [0.4, 0.5) is 0 Å². The first-order valence-corrected chi connectivity index (χ1v) is 11.8. The molecule has 6 aromatic rings. The number of aromatic nitrogens is 3. The number of benzene rings is 3. The van der Waals surface area contributed by atoms with E-state index in [-0.39, 0.29) is 19.5 Å². The summed E-state index contributed by atoms with van der Waals surface area (Å²) >= 11 is 0. The molecule has 4 heteroatoms. The van der Waals surface area contributed by atoms with E-state index in [1.165, 1.54) is 0 Å². The van der Waals surface area contributed by atoms with Gasteiger partial charge in [0.2, 0.25) is 0 Å². The maximum absolute atomic E-state index is 4.25. The van der Waals surface area contributed by atoms with Crippen LogP contribution in [0.15, 0.2) is 164 Å². The largest absolute Gasteiger partial charge is 2.00 e. The van der Waals surface area contributed by atoms with Crippen molar-refractivity contribution in [1.82, 2.24) is 15.0 Å².